The van der Waals surface area contributed by atoms with Crippen LogP contribution in [0.4, 0.5) is 21.9 Å². The SMILES string of the molecule is COCC(O)CCN(c1cc(C)c(Nc2nc3ccccc3s2)nn1)c1nc(C(=O)O)cs1. The van der Waals surface area contributed by atoms with Crippen molar-refractivity contribution in [3.05, 3.63) is 47.0 Å². The van der Waals surface area contributed by atoms with Crippen LogP contribution in [0, 0.1) is 6.92 Å². The summed E-state index contributed by atoms with van der Waals surface area (Å²) in [5.41, 5.74) is 1.69. The number of carboxylic acids is 1. The van der Waals surface area contributed by atoms with Crippen LogP contribution in [0.2, 0.25) is 0 Å². The maximum atomic E-state index is 11.3. The van der Waals surface area contributed by atoms with Gasteiger partial charge in [-0.3, -0.25) is 0 Å². The summed E-state index contributed by atoms with van der Waals surface area (Å²) in [6, 6.07) is 9.71. The molecule has 3 heterocycles. The second-order valence-corrected chi connectivity index (χ2v) is 9.08. The zero-order chi connectivity index (χ0) is 23.4. The van der Waals surface area contributed by atoms with E-state index >= 15 is 0 Å². The number of hydrogen-bond donors (Lipinski definition) is 3. The van der Waals surface area contributed by atoms with Gasteiger partial charge in [0.05, 0.1) is 22.9 Å². The predicted octanol–water partition coefficient (Wildman–Crippen LogP) is 3.83. The van der Waals surface area contributed by atoms with Crippen molar-refractivity contribution in [1.29, 1.82) is 0 Å². The zero-order valence-corrected chi connectivity index (χ0v) is 19.6. The van der Waals surface area contributed by atoms with E-state index in [0.717, 1.165) is 15.8 Å². The van der Waals surface area contributed by atoms with Crippen molar-refractivity contribution in [3.8, 4) is 0 Å². The highest BCUT2D eigenvalue weighted by Crippen LogP contribution is 2.31. The molecule has 12 heteroatoms. The average molecular weight is 487 g/mol. The molecule has 4 aromatic rings. The molecule has 33 heavy (non-hydrogen) atoms. The number of benzene rings is 1. The van der Waals surface area contributed by atoms with Crippen LogP contribution in [0.5, 0.6) is 0 Å². The summed E-state index contributed by atoms with van der Waals surface area (Å²) in [7, 11) is 1.52. The number of carboxylic acid groups (broad SMARTS) is 1. The molecule has 1 atom stereocenters. The third-order valence-electron chi connectivity index (χ3n) is 4.75. The number of aromatic carboxylic acids is 1. The van der Waals surface area contributed by atoms with Gasteiger partial charge in [0.1, 0.15) is 0 Å². The van der Waals surface area contributed by atoms with E-state index in [-0.39, 0.29) is 12.3 Å². The topological polar surface area (TPSA) is 134 Å². The first kappa shape index (κ1) is 23.0. The Labute approximate surface area is 197 Å². The first-order valence-electron chi connectivity index (χ1n) is 10.0. The van der Waals surface area contributed by atoms with E-state index in [0.29, 0.717) is 34.9 Å². The third-order valence-corrected chi connectivity index (χ3v) is 6.57. The minimum absolute atomic E-state index is 0.0451. The number of thiazole rings is 2. The second-order valence-electron chi connectivity index (χ2n) is 7.22. The molecule has 3 N–H and O–H groups in total. The largest absolute Gasteiger partial charge is 0.476 e. The van der Waals surface area contributed by atoms with Crippen LogP contribution in [0.25, 0.3) is 10.2 Å². The molecule has 0 saturated carbocycles. The highest BCUT2D eigenvalue weighted by Gasteiger charge is 2.20. The van der Waals surface area contributed by atoms with Gasteiger partial charge in [-0.25, -0.2) is 14.8 Å². The number of fused-ring (bicyclic) bond motifs is 1. The number of aliphatic hydroxyl groups is 1. The normalized spacial score (nSPS) is 12.1. The molecular formula is C21H22N6O4S2. The fraction of sp³-hybridized carbons (Fsp3) is 0.286. The lowest BCUT2D eigenvalue weighted by Crippen LogP contribution is -2.26. The number of aromatic nitrogens is 4. The molecule has 0 aliphatic carbocycles. The lowest BCUT2D eigenvalue weighted by atomic mass is 10.2. The molecule has 1 aromatic carbocycles. The highest BCUT2D eigenvalue weighted by atomic mass is 32.1. The van der Waals surface area contributed by atoms with Crippen LogP contribution < -0.4 is 10.2 Å². The zero-order valence-electron chi connectivity index (χ0n) is 17.9. The lowest BCUT2D eigenvalue weighted by Gasteiger charge is -2.22. The third kappa shape index (κ3) is 5.42. The standard InChI is InChI=1S/C21H22N6O4S2/c1-12-9-17(25-26-18(12)24-20-22-14-5-3-4-6-16(14)33-20)27(8-7-13(28)10-31-2)21-23-15(11-32-21)19(29)30/h3-6,9,11,13,28H,7-8,10H2,1-2H3,(H,29,30)(H,22,24,26). The van der Waals surface area contributed by atoms with Crippen LogP contribution >= 0.6 is 22.7 Å². The van der Waals surface area contributed by atoms with Gasteiger partial charge in [-0.2, -0.15) is 0 Å². The Kier molecular flexibility index (Phi) is 7.08. The Morgan fingerprint density at radius 3 is 2.79 bits per heavy atom. The molecule has 10 nitrogen and oxygen atoms in total. The van der Waals surface area contributed by atoms with E-state index in [1.165, 1.54) is 35.2 Å². The van der Waals surface area contributed by atoms with Gasteiger partial charge in [-0.15, -0.1) is 21.5 Å². The number of nitrogens with one attached hydrogen (secondary N) is 1. The first-order valence-corrected chi connectivity index (χ1v) is 11.7. The van der Waals surface area contributed by atoms with Gasteiger partial charge in [-0.05, 0) is 37.1 Å². The molecule has 0 aliphatic heterocycles. The summed E-state index contributed by atoms with van der Waals surface area (Å²) in [5.74, 6) is -0.0321. The van der Waals surface area contributed by atoms with Crippen molar-refractivity contribution in [3.63, 3.8) is 0 Å². The molecule has 0 saturated heterocycles. The fourth-order valence-electron chi connectivity index (χ4n) is 3.10. The lowest BCUT2D eigenvalue weighted by molar-refractivity contribution is 0.0608. The van der Waals surface area contributed by atoms with Crippen LogP contribution in [0.3, 0.4) is 0 Å². The number of para-hydroxylation sites is 1. The van der Waals surface area contributed by atoms with Gasteiger partial charge >= 0.3 is 5.97 Å². The van der Waals surface area contributed by atoms with E-state index in [2.05, 4.69) is 25.5 Å². The van der Waals surface area contributed by atoms with E-state index in [1.54, 1.807) is 4.90 Å². The maximum Gasteiger partial charge on any atom is 0.355 e. The van der Waals surface area contributed by atoms with Gasteiger partial charge in [0.25, 0.3) is 0 Å². The van der Waals surface area contributed by atoms with E-state index < -0.39 is 12.1 Å². The molecule has 0 aliphatic rings. The Bertz CT molecular complexity index is 1230. The number of aryl methyl sites for hydroxylation is 1. The molecule has 0 fully saturated rings. The summed E-state index contributed by atoms with van der Waals surface area (Å²) in [4.78, 5) is 21.8. The van der Waals surface area contributed by atoms with Crippen molar-refractivity contribution in [2.45, 2.75) is 19.4 Å². The molecular weight excluding hydrogens is 464 g/mol. The Morgan fingerprint density at radius 2 is 2.09 bits per heavy atom. The maximum absolute atomic E-state index is 11.3. The van der Waals surface area contributed by atoms with Crippen LogP contribution in [0.15, 0.2) is 35.7 Å². The Balaban J connectivity index is 1.58. The number of ether oxygens (including phenoxy) is 1. The minimum Gasteiger partial charge on any atom is -0.476 e. The van der Waals surface area contributed by atoms with Crippen molar-refractivity contribution in [2.75, 3.05) is 30.5 Å². The Morgan fingerprint density at radius 1 is 1.27 bits per heavy atom. The summed E-state index contributed by atoms with van der Waals surface area (Å²) < 4.78 is 6.07. The Hall–Kier alpha value is -3.19. The van der Waals surface area contributed by atoms with Crippen molar-refractivity contribution >= 4 is 60.8 Å². The number of anilines is 4. The number of rotatable bonds is 10. The summed E-state index contributed by atoms with van der Waals surface area (Å²) in [6.07, 6.45) is -0.298. The average Bonchev–Trinajstić information content (AvgIpc) is 3.43. The summed E-state index contributed by atoms with van der Waals surface area (Å²) in [5, 5.41) is 33.9. The van der Waals surface area contributed by atoms with E-state index in [4.69, 9.17) is 4.74 Å². The van der Waals surface area contributed by atoms with Gasteiger partial charge in [0.2, 0.25) is 0 Å². The van der Waals surface area contributed by atoms with Crippen molar-refractivity contribution < 1.29 is 19.7 Å². The molecule has 1 unspecified atom stereocenters. The summed E-state index contributed by atoms with van der Waals surface area (Å²) >= 11 is 2.72. The molecule has 0 amide bonds. The quantitative estimate of drug-likeness (QED) is 0.304. The van der Waals surface area contributed by atoms with Crippen molar-refractivity contribution in [1.82, 2.24) is 20.2 Å². The number of carbonyl (C=O) groups is 1. The number of aliphatic hydroxyl groups excluding tert-OH is 1. The van der Waals surface area contributed by atoms with Gasteiger partial charge in [-0.1, -0.05) is 23.5 Å². The van der Waals surface area contributed by atoms with Gasteiger partial charge < -0.3 is 25.2 Å². The monoisotopic (exact) mass is 486 g/mol. The molecule has 0 spiro atoms. The molecule has 0 bridgehead atoms. The van der Waals surface area contributed by atoms with Crippen LogP contribution in [0.1, 0.15) is 22.5 Å². The second kappa shape index (κ2) is 10.2. The minimum atomic E-state index is -1.10. The molecule has 172 valence electrons. The highest BCUT2D eigenvalue weighted by molar-refractivity contribution is 7.22. The predicted molar refractivity (Wildman–Crippen MR) is 128 cm³/mol. The van der Waals surface area contributed by atoms with Crippen LogP contribution in [-0.4, -0.2) is 62.7 Å². The van der Waals surface area contributed by atoms with Crippen LogP contribution in [-0.2, 0) is 4.74 Å². The number of methoxy groups -OCH3 is 1. The molecule has 0 radical (unpaired) electrons. The first-order chi connectivity index (χ1) is 15.9. The number of nitrogens with zero attached hydrogens (tertiary/aromatic N) is 5. The fourth-order valence-corrected chi connectivity index (χ4v) is 4.80. The molecule has 4 rings (SSSR count). The summed E-state index contributed by atoms with van der Waals surface area (Å²) in [6.45, 7) is 2.45. The molecule has 3 aromatic heterocycles. The van der Waals surface area contributed by atoms with E-state index in [9.17, 15) is 15.0 Å². The van der Waals surface area contributed by atoms with Gasteiger partial charge in [0.15, 0.2) is 27.6 Å². The van der Waals surface area contributed by atoms with Crippen molar-refractivity contribution in [2.24, 2.45) is 0 Å². The smallest absolute Gasteiger partial charge is 0.355 e. The number of hydrogen-bond acceptors (Lipinski definition) is 11. The van der Waals surface area contributed by atoms with E-state index in [1.807, 2.05) is 37.3 Å². The van der Waals surface area contributed by atoms with Gasteiger partial charge in [0, 0.05) is 19.0 Å².